The molecule has 7 heteroatoms. The van der Waals surface area contributed by atoms with Gasteiger partial charge in [-0.1, -0.05) is 60.7 Å². The lowest BCUT2D eigenvalue weighted by Crippen LogP contribution is -2.56. The van der Waals surface area contributed by atoms with Crippen LogP contribution in [0.2, 0.25) is 0 Å². The van der Waals surface area contributed by atoms with E-state index in [-0.39, 0.29) is 30.4 Å². The highest BCUT2D eigenvalue weighted by atomic mass is 16.5. The molecule has 2 amide bonds. The maximum absolute atomic E-state index is 12.9. The first-order valence-corrected chi connectivity index (χ1v) is 12.2. The van der Waals surface area contributed by atoms with Crippen LogP contribution in [0.5, 0.6) is 0 Å². The molecule has 0 bridgehead atoms. The molecule has 3 aliphatic rings. The number of allylic oxidation sites excluding steroid dienone is 1. The van der Waals surface area contributed by atoms with Crippen LogP contribution in [0.3, 0.4) is 0 Å². The molecule has 0 heterocycles. The fourth-order valence-corrected chi connectivity index (χ4v) is 5.35. The molecule has 3 aliphatic carbocycles. The highest BCUT2D eigenvalue weighted by Crippen LogP contribution is 2.44. The Morgan fingerprint density at radius 2 is 1.66 bits per heavy atom. The first kappa shape index (κ1) is 23.1. The predicted molar refractivity (Wildman–Crippen MR) is 131 cm³/mol. The van der Waals surface area contributed by atoms with E-state index in [0.29, 0.717) is 12.8 Å². The molecule has 2 aromatic rings. The number of alkyl carbamates (subject to hydrolysis) is 1. The number of carbonyl (C=O) groups is 3. The number of rotatable bonds is 7. The van der Waals surface area contributed by atoms with Crippen LogP contribution in [0.15, 0.2) is 60.7 Å². The smallest absolute Gasteiger partial charge is 0.407 e. The molecular formula is C28H30N2O5. The Labute approximate surface area is 204 Å². The summed E-state index contributed by atoms with van der Waals surface area (Å²) in [6, 6.07) is 16.0. The summed E-state index contributed by atoms with van der Waals surface area (Å²) in [5.41, 5.74) is 3.39. The van der Waals surface area contributed by atoms with E-state index in [4.69, 9.17) is 4.74 Å². The van der Waals surface area contributed by atoms with Crippen LogP contribution >= 0.6 is 0 Å². The number of ether oxygens (including phenoxy) is 1. The van der Waals surface area contributed by atoms with Crippen molar-refractivity contribution in [2.45, 2.75) is 50.1 Å². The molecule has 3 unspecified atom stereocenters. The van der Waals surface area contributed by atoms with Gasteiger partial charge in [0.15, 0.2) is 0 Å². The Kier molecular flexibility index (Phi) is 6.09. The highest BCUT2D eigenvalue weighted by molar-refractivity contribution is 5.88. The van der Waals surface area contributed by atoms with Crippen molar-refractivity contribution in [2.24, 2.45) is 11.8 Å². The van der Waals surface area contributed by atoms with Crippen LogP contribution < -0.4 is 10.6 Å². The summed E-state index contributed by atoms with van der Waals surface area (Å²) in [7, 11) is 0. The SMILES string of the molecule is CC(NC(=O)C1CC=CC(NC(=O)OCC2c3ccccc3-c3ccccc32)C1)(C(=O)O)C1CC1. The van der Waals surface area contributed by atoms with Crippen LogP contribution in [0.4, 0.5) is 4.79 Å². The standard InChI is InChI=1S/C28H30N2O5/c1-28(26(32)33,18-13-14-18)30-25(31)17-7-6-8-19(15-17)29-27(34)35-16-24-22-11-4-2-9-20(22)21-10-3-5-12-23(21)24/h2-6,8-12,17-19,24H,7,13-16H2,1H3,(H,29,34)(H,30,31)(H,32,33). The van der Waals surface area contributed by atoms with Gasteiger partial charge in [-0.05, 0) is 60.8 Å². The van der Waals surface area contributed by atoms with Gasteiger partial charge in [-0.15, -0.1) is 0 Å². The van der Waals surface area contributed by atoms with E-state index in [0.717, 1.165) is 24.0 Å². The van der Waals surface area contributed by atoms with E-state index in [1.54, 1.807) is 6.92 Å². The summed E-state index contributed by atoms with van der Waals surface area (Å²) in [5, 5.41) is 15.2. The molecule has 5 rings (SSSR count). The number of amides is 2. The van der Waals surface area contributed by atoms with Crippen molar-refractivity contribution in [1.29, 1.82) is 0 Å². The largest absolute Gasteiger partial charge is 0.480 e. The van der Waals surface area contributed by atoms with Gasteiger partial charge in [-0.2, -0.15) is 0 Å². The maximum atomic E-state index is 12.9. The van der Waals surface area contributed by atoms with Gasteiger partial charge in [0.2, 0.25) is 5.91 Å². The highest BCUT2D eigenvalue weighted by Gasteiger charge is 2.49. The molecule has 0 radical (unpaired) electrons. The average Bonchev–Trinajstić information content (AvgIpc) is 3.66. The summed E-state index contributed by atoms with van der Waals surface area (Å²) in [6.07, 6.45) is 5.71. The normalized spacial score (nSPS) is 22.4. The van der Waals surface area contributed by atoms with E-state index in [2.05, 4.69) is 34.9 Å². The van der Waals surface area contributed by atoms with Crippen LogP contribution in [0.1, 0.15) is 49.7 Å². The Hall–Kier alpha value is -3.61. The fraction of sp³-hybridized carbons (Fsp3) is 0.393. The second-order valence-electron chi connectivity index (χ2n) is 9.94. The Bertz CT molecular complexity index is 1140. The number of nitrogens with one attached hydrogen (secondary N) is 2. The molecule has 1 fully saturated rings. The molecule has 2 aromatic carbocycles. The number of benzene rings is 2. The minimum Gasteiger partial charge on any atom is -0.480 e. The quantitative estimate of drug-likeness (QED) is 0.521. The minimum absolute atomic E-state index is 0.0234. The molecule has 35 heavy (non-hydrogen) atoms. The molecule has 1 saturated carbocycles. The number of hydrogen-bond acceptors (Lipinski definition) is 4. The van der Waals surface area contributed by atoms with Crippen LogP contribution in [0, 0.1) is 11.8 Å². The first-order chi connectivity index (χ1) is 16.9. The second-order valence-corrected chi connectivity index (χ2v) is 9.94. The minimum atomic E-state index is -1.24. The zero-order valence-electron chi connectivity index (χ0n) is 19.7. The van der Waals surface area contributed by atoms with E-state index in [1.165, 1.54) is 11.1 Å². The summed E-state index contributed by atoms with van der Waals surface area (Å²) >= 11 is 0. The van der Waals surface area contributed by atoms with Crippen molar-refractivity contribution in [3.8, 4) is 11.1 Å². The first-order valence-electron chi connectivity index (χ1n) is 12.2. The zero-order chi connectivity index (χ0) is 24.6. The van der Waals surface area contributed by atoms with Crippen molar-refractivity contribution in [3.63, 3.8) is 0 Å². The third kappa shape index (κ3) is 4.55. The Morgan fingerprint density at radius 3 is 2.26 bits per heavy atom. The predicted octanol–water partition coefficient (Wildman–Crippen LogP) is 4.23. The number of fused-ring (bicyclic) bond motifs is 3. The van der Waals surface area contributed by atoms with Gasteiger partial charge < -0.3 is 20.5 Å². The van der Waals surface area contributed by atoms with E-state index >= 15 is 0 Å². The van der Waals surface area contributed by atoms with Gasteiger partial charge >= 0.3 is 12.1 Å². The van der Waals surface area contributed by atoms with Crippen LogP contribution in [-0.2, 0) is 14.3 Å². The second kappa shape index (κ2) is 9.21. The van der Waals surface area contributed by atoms with E-state index in [9.17, 15) is 19.5 Å². The van der Waals surface area contributed by atoms with Crippen molar-refractivity contribution >= 4 is 18.0 Å². The van der Waals surface area contributed by atoms with Gasteiger partial charge in [-0.25, -0.2) is 9.59 Å². The number of hydrogen-bond donors (Lipinski definition) is 3. The van der Waals surface area contributed by atoms with Crippen molar-refractivity contribution in [3.05, 3.63) is 71.8 Å². The molecule has 0 aliphatic heterocycles. The fourth-order valence-electron chi connectivity index (χ4n) is 5.35. The van der Waals surface area contributed by atoms with Gasteiger partial charge in [0, 0.05) is 11.8 Å². The number of carbonyl (C=O) groups excluding carboxylic acids is 2. The van der Waals surface area contributed by atoms with Gasteiger partial charge in [0.05, 0.1) is 6.04 Å². The van der Waals surface area contributed by atoms with Crippen molar-refractivity contribution in [1.82, 2.24) is 10.6 Å². The lowest BCUT2D eigenvalue weighted by molar-refractivity contribution is -0.148. The van der Waals surface area contributed by atoms with Crippen LogP contribution in [0.25, 0.3) is 11.1 Å². The van der Waals surface area contributed by atoms with Gasteiger partial charge in [0.1, 0.15) is 12.1 Å². The summed E-state index contributed by atoms with van der Waals surface area (Å²) in [6.45, 7) is 1.80. The van der Waals surface area contributed by atoms with Gasteiger partial charge in [-0.3, -0.25) is 4.79 Å². The summed E-state index contributed by atoms with van der Waals surface area (Å²) < 4.78 is 5.63. The number of carboxylic acid groups (broad SMARTS) is 1. The van der Waals surface area contributed by atoms with Crippen LogP contribution in [-0.4, -0.2) is 41.3 Å². The monoisotopic (exact) mass is 474 g/mol. The van der Waals surface area contributed by atoms with Gasteiger partial charge in [0.25, 0.3) is 0 Å². The van der Waals surface area contributed by atoms with Crippen molar-refractivity contribution < 1.29 is 24.2 Å². The Morgan fingerprint density at radius 1 is 1.03 bits per heavy atom. The molecular weight excluding hydrogens is 444 g/mol. The molecule has 3 N–H and O–H groups in total. The summed E-state index contributed by atoms with van der Waals surface area (Å²) in [4.78, 5) is 37.3. The number of carboxylic acids is 1. The topological polar surface area (TPSA) is 105 Å². The van der Waals surface area contributed by atoms with Crippen molar-refractivity contribution in [2.75, 3.05) is 6.61 Å². The maximum Gasteiger partial charge on any atom is 0.407 e. The molecule has 0 saturated heterocycles. The van der Waals surface area contributed by atoms with E-state index in [1.807, 2.05) is 36.4 Å². The third-order valence-corrected chi connectivity index (χ3v) is 7.57. The number of aliphatic carboxylic acids is 1. The lowest BCUT2D eigenvalue weighted by atomic mass is 9.88. The Balaban J connectivity index is 1.17. The molecule has 182 valence electrons. The zero-order valence-corrected chi connectivity index (χ0v) is 19.7. The average molecular weight is 475 g/mol. The van der Waals surface area contributed by atoms with E-state index < -0.39 is 23.5 Å². The lowest BCUT2D eigenvalue weighted by Gasteiger charge is -2.30. The molecule has 7 nitrogen and oxygen atoms in total. The molecule has 3 atom stereocenters. The summed E-state index contributed by atoms with van der Waals surface area (Å²) in [5.74, 6) is -1.75. The third-order valence-electron chi connectivity index (χ3n) is 7.57. The molecule has 0 spiro atoms. The molecule has 0 aromatic heterocycles.